The normalized spacial score (nSPS) is 10.6. The number of ether oxygens (including phenoxy) is 1. The van der Waals surface area contributed by atoms with Gasteiger partial charge in [-0.15, -0.1) is 11.3 Å². The molecule has 0 aliphatic rings. The number of nitrogens with two attached hydrogens (primary N) is 1. The molecule has 2 aromatic rings. The zero-order valence-electron chi connectivity index (χ0n) is 11.8. The monoisotopic (exact) mass is 308 g/mol. The molecule has 0 bridgehead atoms. The van der Waals surface area contributed by atoms with E-state index in [1.165, 1.54) is 11.3 Å². The smallest absolute Gasteiger partial charge is 0.310 e. The van der Waals surface area contributed by atoms with Gasteiger partial charge in [-0.1, -0.05) is 0 Å². The second-order valence-corrected chi connectivity index (χ2v) is 5.46. The van der Waals surface area contributed by atoms with Gasteiger partial charge in [0, 0.05) is 11.8 Å². The molecular weight excluding hydrogens is 292 g/mol. The van der Waals surface area contributed by atoms with E-state index < -0.39 is 11.5 Å². The first kappa shape index (κ1) is 15.2. The molecule has 0 spiro atoms. The average Bonchev–Trinajstić information content (AvgIpc) is 2.80. The molecule has 0 aliphatic carbocycles. The van der Waals surface area contributed by atoms with Crippen molar-refractivity contribution in [3.05, 3.63) is 37.8 Å². The third kappa shape index (κ3) is 3.88. The van der Waals surface area contributed by atoms with Gasteiger partial charge in [0.2, 0.25) is 0 Å². The van der Waals surface area contributed by atoms with Crippen molar-refractivity contribution in [2.24, 2.45) is 0 Å². The number of hydrogen-bond donors (Lipinski definition) is 2. The second-order valence-electron chi connectivity index (χ2n) is 4.39. The topological polar surface area (TPSA) is 111 Å². The Morgan fingerprint density at radius 2 is 2.24 bits per heavy atom. The first-order valence-electron chi connectivity index (χ1n) is 6.43. The molecule has 8 heteroatoms. The van der Waals surface area contributed by atoms with Crippen LogP contribution in [0.4, 0.5) is 5.82 Å². The number of aryl methyl sites for hydroxylation is 1. The highest BCUT2D eigenvalue weighted by Crippen LogP contribution is 2.12. The van der Waals surface area contributed by atoms with Crippen LogP contribution >= 0.6 is 11.3 Å². The van der Waals surface area contributed by atoms with Gasteiger partial charge >= 0.3 is 5.97 Å². The molecule has 7 nitrogen and oxygen atoms in total. The number of thiazole rings is 1. The number of rotatable bonds is 5. The number of anilines is 1. The zero-order valence-corrected chi connectivity index (χ0v) is 12.6. The average molecular weight is 308 g/mol. The van der Waals surface area contributed by atoms with E-state index in [0.29, 0.717) is 12.2 Å². The maximum absolute atomic E-state index is 12.0. The number of aromatic amines is 1. The lowest BCUT2D eigenvalue weighted by atomic mass is 10.2. The number of aromatic nitrogens is 3. The Hall–Kier alpha value is -2.22. The molecule has 0 atom stereocenters. The summed E-state index contributed by atoms with van der Waals surface area (Å²) in [5, 5.41) is 2.84. The molecule has 0 radical (unpaired) electrons. The minimum atomic E-state index is -0.501. The van der Waals surface area contributed by atoms with E-state index in [4.69, 9.17) is 10.5 Å². The fraction of sp³-hybridized carbons (Fsp3) is 0.385. The minimum absolute atomic E-state index is 0.0498. The Morgan fingerprint density at radius 1 is 1.48 bits per heavy atom. The van der Waals surface area contributed by atoms with E-state index in [0.717, 1.165) is 10.7 Å². The summed E-state index contributed by atoms with van der Waals surface area (Å²) in [4.78, 5) is 34.5. The number of esters is 1. The predicted octanol–water partition coefficient (Wildman–Crippen LogP) is 0.813. The lowest BCUT2D eigenvalue weighted by Crippen LogP contribution is -2.23. The standard InChI is InChI=1S/C13H16N4O3S/c1-3-20-11(18)5-9-12(14)16-10(17-13(9)19)4-8-6-21-7(2)15-8/h6H,3-5H2,1-2H3,(H3,14,16,17,19). The van der Waals surface area contributed by atoms with Gasteiger partial charge in [0.05, 0.1) is 29.3 Å². The van der Waals surface area contributed by atoms with Gasteiger partial charge in [0.15, 0.2) is 0 Å². The summed E-state index contributed by atoms with van der Waals surface area (Å²) in [6.45, 7) is 3.86. The highest BCUT2D eigenvalue weighted by molar-refractivity contribution is 7.09. The van der Waals surface area contributed by atoms with E-state index in [1.807, 2.05) is 12.3 Å². The first-order valence-corrected chi connectivity index (χ1v) is 7.31. The Balaban J connectivity index is 2.20. The van der Waals surface area contributed by atoms with Crippen molar-refractivity contribution >= 4 is 23.1 Å². The lowest BCUT2D eigenvalue weighted by molar-refractivity contribution is -0.142. The minimum Gasteiger partial charge on any atom is -0.466 e. The summed E-state index contributed by atoms with van der Waals surface area (Å²) < 4.78 is 4.80. The quantitative estimate of drug-likeness (QED) is 0.791. The van der Waals surface area contributed by atoms with E-state index in [2.05, 4.69) is 15.0 Å². The van der Waals surface area contributed by atoms with Gasteiger partial charge in [-0.05, 0) is 13.8 Å². The molecule has 0 aliphatic heterocycles. The molecular formula is C13H16N4O3S. The fourth-order valence-corrected chi connectivity index (χ4v) is 2.45. The van der Waals surface area contributed by atoms with Crippen molar-refractivity contribution in [2.75, 3.05) is 12.3 Å². The van der Waals surface area contributed by atoms with Gasteiger partial charge in [-0.25, -0.2) is 9.97 Å². The maximum atomic E-state index is 12.0. The number of nitrogens with one attached hydrogen (secondary N) is 1. The number of H-pyrrole nitrogens is 1. The molecule has 0 aromatic carbocycles. The molecule has 112 valence electrons. The van der Waals surface area contributed by atoms with Gasteiger partial charge in [-0.2, -0.15) is 0 Å². The molecule has 0 saturated carbocycles. The van der Waals surface area contributed by atoms with Crippen molar-refractivity contribution in [3.63, 3.8) is 0 Å². The largest absolute Gasteiger partial charge is 0.466 e. The molecule has 3 N–H and O–H groups in total. The molecule has 0 unspecified atom stereocenters. The molecule has 2 aromatic heterocycles. The molecule has 2 heterocycles. The van der Waals surface area contributed by atoms with Crippen LogP contribution in [-0.2, 0) is 22.4 Å². The molecule has 2 rings (SSSR count). The third-order valence-electron chi connectivity index (χ3n) is 2.74. The summed E-state index contributed by atoms with van der Waals surface area (Å²) in [5.74, 6) is -0.0245. The number of carbonyl (C=O) groups is 1. The van der Waals surface area contributed by atoms with Crippen molar-refractivity contribution in [1.29, 1.82) is 0 Å². The summed E-state index contributed by atoms with van der Waals surface area (Å²) in [7, 11) is 0. The van der Waals surface area contributed by atoms with E-state index >= 15 is 0 Å². The van der Waals surface area contributed by atoms with Crippen molar-refractivity contribution in [1.82, 2.24) is 15.0 Å². The van der Waals surface area contributed by atoms with Crippen LogP contribution in [0.3, 0.4) is 0 Å². The van der Waals surface area contributed by atoms with E-state index in [-0.39, 0.29) is 24.4 Å². The van der Waals surface area contributed by atoms with E-state index in [1.54, 1.807) is 6.92 Å². The maximum Gasteiger partial charge on any atom is 0.310 e. The van der Waals surface area contributed by atoms with Gasteiger partial charge in [-0.3, -0.25) is 9.59 Å². The number of hydrogen-bond acceptors (Lipinski definition) is 7. The summed E-state index contributed by atoms with van der Waals surface area (Å²) in [6.07, 6.45) is 0.210. The number of carbonyl (C=O) groups excluding carboxylic acids is 1. The van der Waals surface area contributed by atoms with Crippen molar-refractivity contribution < 1.29 is 9.53 Å². The van der Waals surface area contributed by atoms with Gasteiger partial charge in [0.1, 0.15) is 11.6 Å². The Kier molecular flexibility index (Phi) is 4.69. The van der Waals surface area contributed by atoms with E-state index in [9.17, 15) is 9.59 Å². The fourth-order valence-electron chi connectivity index (χ4n) is 1.84. The van der Waals surface area contributed by atoms with Gasteiger partial charge in [0.25, 0.3) is 5.56 Å². The SMILES string of the molecule is CCOC(=O)Cc1c(N)nc(Cc2csc(C)n2)[nH]c1=O. The summed E-state index contributed by atoms with van der Waals surface area (Å²) in [6, 6.07) is 0. The van der Waals surface area contributed by atoms with Crippen LogP contribution in [0.5, 0.6) is 0 Å². The third-order valence-corrected chi connectivity index (χ3v) is 3.56. The van der Waals surface area contributed by atoms with Crippen LogP contribution in [-0.4, -0.2) is 27.5 Å². The van der Waals surface area contributed by atoms with Crippen LogP contribution in [0.2, 0.25) is 0 Å². The molecule has 0 saturated heterocycles. The van der Waals surface area contributed by atoms with Crippen LogP contribution in [0.15, 0.2) is 10.2 Å². The highest BCUT2D eigenvalue weighted by Gasteiger charge is 2.14. The molecule has 21 heavy (non-hydrogen) atoms. The first-order chi connectivity index (χ1) is 9.99. The number of nitrogen functional groups attached to an aromatic ring is 1. The summed E-state index contributed by atoms with van der Waals surface area (Å²) in [5.41, 5.74) is 6.30. The summed E-state index contributed by atoms with van der Waals surface area (Å²) >= 11 is 1.53. The molecule has 0 fully saturated rings. The predicted molar refractivity (Wildman–Crippen MR) is 79.3 cm³/mol. The Bertz CT molecular complexity index is 708. The Morgan fingerprint density at radius 3 is 2.81 bits per heavy atom. The second kappa shape index (κ2) is 6.49. The highest BCUT2D eigenvalue weighted by atomic mass is 32.1. The van der Waals surface area contributed by atoms with Gasteiger partial charge < -0.3 is 15.5 Å². The number of nitrogens with zero attached hydrogens (tertiary/aromatic N) is 2. The van der Waals surface area contributed by atoms with Crippen LogP contribution in [0.1, 0.15) is 29.0 Å². The van der Waals surface area contributed by atoms with Crippen molar-refractivity contribution in [3.8, 4) is 0 Å². The Labute approximate surface area is 125 Å². The lowest BCUT2D eigenvalue weighted by Gasteiger charge is -2.06. The zero-order chi connectivity index (χ0) is 15.4. The van der Waals surface area contributed by atoms with Crippen LogP contribution in [0.25, 0.3) is 0 Å². The van der Waals surface area contributed by atoms with Crippen LogP contribution < -0.4 is 11.3 Å². The molecule has 0 amide bonds. The van der Waals surface area contributed by atoms with Crippen molar-refractivity contribution in [2.45, 2.75) is 26.7 Å². The van der Waals surface area contributed by atoms with Crippen LogP contribution in [0, 0.1) is 6.92 Å².